The van der Waals surface area contributed by atoms with Crippen molar-refractivity contribution in [2.45, 2.75) is 32.4 Å². The Morgan fingerprint density at radius 1 is 1.09 bits per heavy atom. The first-order chi connectivity index (χ1) is 16.3. The number of aromatic nitrogens is 5. The highest BCUT2D eigenvalue weighted by Gasteiger charge is 2.39. The van der Waals surface area contributed by atoms with Crippen LogP contribution in [-0.2, 0) is 0 Å². The molecule has 1 atom stereocenters. The highest BCUT2D eigenvalue weighted by Crippen LogP contribution is 2.31. The minimum Gasteiger partial charge on any atom is -0.468 e. The second kappa shape index (κ2) is 8.39. The monoisotopic (exact) mass is 472 g/mol. The third kappa shape index (κ3) is 4.04. The Labute approximate surface area is 191 Å². The van der Waals surface area contributed by atoms with Gasteiger partial charge in [-0.05, 0) is 31.5 Å². The molecule has 0 aliphatic carbocycles. The first kappa shape index (κ1) is 21.8. The molecule has 13 heteroatoms. The summed E-state index contributed by atoms with van der Waals surface area (Å²) >= 11 is 0. The van der Waals surface area contributed by atoms with Crippen LogP contribution in [0.25, 0.3) is 5.95 Å². The van der Waals surface area contributed by atoms with Gasteiger partial charge in [-0.2, -0.15) is 19.2 Å². The van der Waals surface area contributed by atoms with E-state index < -0.39 is 35.6 Å². The van der Waals surface area contributed by atoms with Gasteiger partial charge in [0, 0.05) is 18.7 Å². The van der Waals surface area contributed by atoms with E-state index in [1.807, 2.05) is 0 Å². The summed E-state index contributed by atoms with van der Waals surface area (Å²) in [7, 11) is 0. The molecular weight excluding hydrogens is 453 g/mol. The molecule has 5 rings (SSSR count). The average Bonchev–Trinajstić information content (AvgIpc) is 3.37. The molecule has 2 amide bonds. The number of nitrogens with zero attached hydrogens (tertiary/aromatic N) is 8. The van der Waals surface area contributed by atoms with Gasteiger partial charge in [0.05, 0.1) is 25.3 Å². The molecule has 3 aromatic rings. The fourth-order valence-electron chi connectivity index (χ4n) is 3.85. The number of hydrogen-bond donors (Lipinski definition) is 0. The van der Waals surface area contributed by atoms with Crippen LogP contribution in [0.4, 0.5) is 18.0 Å². The number of urea groups is 1. The van der Waals surface area contributed by atoms with Crippen molar-refractivity contribution in [3.8, 4) is 11.8 Å². The van der Waals surface area contributed by atoms with Crippen molar-refractivity contribution < 1.29 is 22.7 Å². The third-order valence-electron chi connectivity index (χ3n) is 5.46. The normalized spacial score (nSPS) is 17.9. The van der Waals surface area contributed by atoms with Crippen LogP contribution in [0, 0.1) is 31.3 Å². The predicted molar refractivity (Wildman–Crippen MR) is 112 cm³/mol. The van der Waals surface area contributed by atoms with Crippen LogP contribution in [0.3, 0.4) is 0 Å². The molecule has 1 fully saturated rings. The third-order valence-corrected chi connectivity index (χ3v) is 5.46. The summed E-state index contributed by atoms with van der Waals surface area (Å²) in [6, 6.07) is 2.07. The summed E-state index contributed by atoms with van der Waals surface area (Å²) in [4.78, 5) is 26.5. The van der Waals surface area contributed by atoms with Crippen LogP contribution in [0.15, 0.2) is 29.5 Å². The van der Waals surface area contributed by atoms with Crippen molar-refractivity contribution in [2.75, 3.05) is 13.1 Å². The van der Waals surface area contributed by atoms with Crippen molar-refractivity contribution in [1.29, 1.82) is 0 Å². The van der Waals surface area contributed by atoms with Gasteiger partial charge >= 0.3 is 6.03 Å². The molecule has 1 saturated heterocycles. The fraction of sp³-hybridized carbons (Fsp3) is 0.333. The number of amides is 2. The molecule has 0 N–H and O–H groups in total. The number of halogens is 3. The summed E-state index contributed by atoms with van der Waals surface area (Å²) < 4.78 is 48.5. The molecule has 2 aliphatic rings. The quantitative estimate of drug-likeness (QED) is 0.579. The van der Waals surface area contributed by atoms with Crippen LogP contribution in [0.5, 0.6) is 5.88 Å². The van der Waals surface area contributed by atoms with Crippen LogP contribution in [-0.4, -0.2) is 66.1 Å². The van der Waals surface area contributed by atoms with E-state index in [0.29, 0.717) is 23.6 Å². The number of rotatable bonds is 4. The number of hydrogen-bond acceptors (Lipinski definition) is 7. The van der Waals surface area contributed by atoms with E-state index in [0.717, 1.165) is 12.3 Å². The molecule has 2 aliphatic heterocycles. The summed E-state index contributed by atoms with van der Waals surface area (Å²) in [5.41, 5.74) is 0.311. The van der Waals surface area contributed by atoms with Crippen molar-refractivity contribution in [3.05, 3.63) is 59.1 Å². The Kier molecular flexibility index (Phi) is 5.38. The zero-order valence-corrected chi connectivity index (χ0v) is 18.2. The summed E-state index contributed by atoms with van der Waals surface area (Å²) in [6.45, 7) is 3.75. The predicted octanol–water partition coefficient (Wildman–Crippen LogP) is 2.71. The average molecular weight is 472 g/mol. The van der Waals surface area contributed by atoms with Gasteiger partial charge in [-0.25, -0.2) is 28.6 Å². The highest BCUT2D eigenvalue weighted by molar-refractivity contribution is 5.79. The second-order valence-electron chi connectivity index (χ2n) is 7.97. The van der Waals surface area contributed by atoms with Crippen molar-refractivity contribution in [2.24, 2.45) is 5.10 Å². The van der Waals surface area contributed by atoms with Gasteiger partial charge in [-0.3, -0.25) is 0 Å². The number of aryl methyl sites for hydroxylation is 2. The molecule has 0 unspecified atom stereocenters. The Morgan fingerprint density at radius 2 is 1.82 bits per heavy atom. The van der Waals surface area contributed by atoms with E-state index in [4.69, 9.17) is 4.74 Å². The summed E-state index contributed by atoms with van der Waals surface area (Å²) in [5, 5.41) is 9.42. The standard InChI is InChI=1S/C21H19F3N8O2/c1-11-27-12(2)31(29-11)20-25-8-17(24)19(28-20)34-16-9-30(10-16)21(33)32-18(3-4-26-32)13-5-14(22)7-15(23)6-13/h4-8,16,18H,3,9-10H2,1-2H3/t18-/m0/s1. The van der Waals surface area contributed by atoms with Gasteiger partial charge in [-0.15, -0.1) is 5.10 Å². The Balaban J connectivity index is 1.24. The zero-order chi connectivity index (χ0) is 24.0. The van der Waals surface area contributed by atoms with Gasteiger partial charge in [0.1, 0.15) is 29.4 Å². The molecule has 4 heterocycles. The van der Waals surface area contributed by atoms with Gasteiger partial charge < -0.3 is 9.64 Å². The zero-order valence-electron chi connectivity index (χ0n) is 18.2. The maximum Gasteiger partial charge on any atom is 0.341 e. The molecule has 1 aromatic carbocycles. The van der Waals surface area contributed by atoms with Gasteiger partial charge in [0.25, 0.3) is 11.8 Å². The van der Waals surface area contributed by atoms with E-state index >= 15 is 0 Å². The lowest BCUT2D eigenvalue weighted by Crippen LogP contribution is -2.59. The van der Waals surface area contributed by atoms with Crippen LogP contribution in [0.2, 0.25) is 0 Å². The Hall–Kier alpha value is -4.03. The van der Waals surface area contributed by atoms with E-state index in [9.17, 15) is 18.0 Å². The lowest BCUT2D eigenvalue weighted by atomic mass is 10.0. The number of carbonyl (C=O) groups is 1. The first-order valence-corrected chi connectivity index (χ1v) is 10.4. The fourth-order valence-corrected chi connectivity index (χ4v) is 3.85. The Bertz CT molecular complexity index is 1270. The number of likely N-dealkylation sites (tertiary alicyclic amines) is 1. The molecule has 34 heavy (non-hydrogen) atoms. The number of benzene rings is 1. The molecule has 2 aromatic heterocycles. The second-order valence-corrected chi connectivity index (χ2v) is 7.97. The molecule has 0 saturated carbocycles. The molecular formula is C21H19F3N8O2. The molecule has 176 valence electrons. The van der Waals surface area contributed by atoms with Crippen molar-refractivity contribution in [1.82, 2.24) is 34.6 Å². The summed E-state index contributed by atoms with van der Waals surface area (Å²) in [5.74, 6) is -1.30. The smallest absolute Gasteiger partial charge is 0.341 e. The molecule has 10 nitrogen and oxygen atoms in total. The summed E-state index contributed by atoms with van der Waals surface area (Å²) in [6.07, 6.45) is 2.33. The van der Waals surface area contributed by atoms with Gasteiger partial charge in [-0.1, -0.05) is 0 Å². The van der Waals surface area contributed by atoms with Crippen LogP contribution < -0.4 is 4.74 Å². The lowest BCUT2D eigenvalue weighted by molar-refractivity contribution is 0.0229. The van der Waals surface area contributed by atoms with Gasteiger partial charge in [0.15, 0.2) is 0 Å². The Morgan fingerprint density at radius 3 is 2.50 bits per heavy atom. The number of ether oxygens (including phenoxy) is 1. The highest BCUT2D eigenvalue weighted by atomic mass is 19.1. The van der Waals surface area contributed by atoms with Crippen LogP contribution >= 0.6 is 0 Å². The SMILES string of the molecule is Cc1nc(C)n(-c2ncc(F)c(OC3CN(C(=O)N4N=CC[C@H]4c4cc(F)cc(F)c4)C3)n2)n1. The molecule has 0 radical (unpaired) electrons. The number of hydrazone groups is 1. The molecule has 0 spiro atoms. The van der Waals surface area contributed by atoms with Gasteiger partial charge in [0.2, 0.25) is 5.82 Å². The van der Waals surface area contributed by atoms with Crippen molar-refractivity contribution >= 4 is 12.2 Å². The number of carbonyl (C=O) groups excluding carboxylic acids is 1. The van der Waals surface area contributed by atoms with Crippen molar-refractivity contribution in [3.63, 3.8) is 0 Å². The lowest BCUT2D eigenvalue weighted by Gasteiger charge is -2.40. The van der Waals surface area contributed by atoms with E-state index in [-0.39, 0.29) is 24.9 Å². The molecule has 0 bridgehead atoms. The minimum atomic E-state index is -0.750. The van der Waals surface area contributed by atoms with E-state index in [1.54, 1.807) is 13.8 Å². The largest absolute Gasteiger partial charge is 0.468 e. The first-order valence-electron chi connectivity index (χ1n) is 10.4. The maximum atomic E-state index is 14.3. The van der Waals surface area contributed by atoms with E-state index in [2.05, 4.69) is 25.2 Å². The topological polar surface area (TPSA) is 102 Å². The van der Waals surface area contributed by atoms with Crippen LogP contribution in [0.1, 0.15) is 29.7 Å². The maximum absolute atomic E-state index is 14.3. The minimum absolute atomic E-state index is 0.110. The van der Waals surface area contributed by atoms with E-state index in [1.165, 1.54) is 32.9 Å².